The summed E-state index contributed by atoms with van der Waals surface area (Å²) in [6.07, 6.45) is 0.716. The van der Waals surface area contributed by atoms with Crippen molar-refractivity contribution in [2.45, 2.75) is 53.2 Å². The van der Waals surface area contributed by atoms with E-state index in [0.717, 1.165) is 26.2 Å². The van der Waals surface area contributed by atoms with Crippen LogP contribution in [0, 0.1) is 0 Å². The molecule has 0 rings (SSSR count). The molecule has 0 aromatic rings. The Morgan fingerprint density at radius 3 is 1.67 bits per heavy atom. The van der Waals surface area contributed by atoms with E-state index in [9.17, 15) is 0 Å². The molecule has 0 aliphatic heterocycles. The second-order valence-electron chi connectivity index (χ2n) is 4.30. The number of aliphatic hydroxyl groups is 3. The molecule has 0 fully saturated rings. The molecule has 0 aliphatic carbocycles. The van der Waals surface area contributed by atoms with Gasteiger partial charge in [-0.05, 0) is 34.1 Å². The Balaban J connectivity index is -0.000000297. The SMILES string of the molecule is CCCOCC(C)OCC(C)O.CCOCC.OCCO. The zero-order valence-electron chi connectivity index (χ0n) is 14.4. The summed E-state index contributed by atoms with van der Waals surface area (Å²) in [6.45, 7) is 12.9. The van der Waals surface area contributed by atoms with Gasteiger partial charge in [0.25, 0.3) is 0 Å². The number of hydrogen-bond donors (Lipinski definition) is 3. The molecule has 21 heavy (non-hydrogen) atoms. The van der Waals surface area contributed by atoms with E-state index in [4.69, 9.17) is 29.5 Å². The van der Waals surface area contributed by atoms with Gasteiger partial charge in [0.1, 0.15) is 0 Å². The minimum atomic E-state index is -0.390. The van der Waals surface area contributed by atoms with Crippen molar-refractivity contribution >= 4 is 0 Å². The molecule has 0 saturated heterocycles. The molecule has 0 aliphatic rings. The summed E-state index contributed by atoms with van der Waals surface area (Å²) in [7, 11) is 0. The van der Waals surface area contributed by atoms with Crippen molar-refractivity contribution < 1.29 is 29.5 Å². The lowest BCUT2D eigenvalue weighted by Gasteiger charge is -2.14. The van der Waals surface area contributed by atoms with E-state index in [1.165, 1.54) is 0 Å². The molecule has 3 N–H and O–H groups in total. The standard InChI is InChI=1S/C9H20O3.C4H10O.C2H6O2/c1-4-5-11-7-9(3)12-6-8(2)10;1-3-5-4-2;3-1-2-4/h8-10H,4-7H2,1-3H3;3-4H2,1-2H3;3-4H,1-2H2. The van der Waals surface area contributed by atoms with Crippen LogP contribution in [0.2, 0.25) is 0 Å². The molecule has 6 heteroatoms. The highest BCUT2D eigenvalue weighted by atomic mass is 16.5. The van der Waals surface area contributed by atoms with Gasteiger partial charge in [-0.1, -0.05) is 6.92 Å². The Bertz CT molecular complexity index is 151. The van der Waals surface area contributed by atoms with Gasteiger partial charge >= 0.3 is 0 Å². The smallest absolute Gasteiger partial charge is 0.0781 e. The van der Waals surface area contributed by atoms with Gasteiger partial charge in [-0.2, -0.15) is 0 Å². The van der Waals surface area contributed by atoms with Crippen LogP contribution < -0.4 is 0 Å². The summed E-state index contributed by atoms with van der Waals surface area (Å²) in [5.74, 6) is 0. The fraction of sp³-hybridized carbons (Fsp3) is 1.00. The van der Waals surface area contributed by atoms with E-state index in [-0.39, 0.29) is 19.3 Å². The number of rotatable bonds is 10. The molecule has 0 heterocycles. The maximum atomic E-state index is 8.91. The van der Waals surface area contributed by atoms with E-state index in [1.807, 2.05) is 20.8 Å². The van der Waals surface area contributed by atoms with E-state index < -0.39 is 6.10 Å². The molecule has 0 saturated carbocycles. The van der Waals surface area contributed by atoms with Crippen molar-refractivity contribution in [2.24, 2.45) is 0 Å². The fourth-order valence-corrected chi connectivity index (χ4v) is 0.949. The first kappa shape index (κ1) is 25.7. The zero-order valence-corrected chi connectivity index (χ0v) is 14.4. The molecule has 2 atom stereocenters. The lowest BCUT2D eigenvalue weighted by atomic mass is 10.4. The highest BCUT2D eigenvalue weighted by Crippen LogP contribution is 1.94. The van der Waals surface area contributed by atoms with Crippen molar-refractivity contribution in [3.05, 3.63) is 0 Å². The Labute approximate surface area is 130 Å². The normalized spacial score (nSPS) is 12.6. The molecule has 0 aromatic carbocycles. The third kappa shape index (κ3) is 38.3. The molecule has 6 nitrogen and oxygen atoms in total. The van der Waals surface area contributed by atoms with Crippen LogP contribution in [0.1, 0.15) is 41.0 Å². The van der Waals surface area contributed by atoms with Crippen LogP contribution in [-0.4, -0.2) is 73.8 Å². The van der Waals surface area contributed by atoms with Gasteiger partial charge in [-0.15, -0.1) is 0 Å². The third-order valence-electron chi connectivity index (χ3n) is 1.83. The summed E-state index contributed by atoms with van der Waals surface area (Å²) < 4.78 is 15.4. The van der Waals surface area contributed by atoms with Crippen molar-refractivity contribution in [1.82, 2.24) is 0 Å². The van der Waals surface area contributed by atoms with Gasteiger partial charge in [-0.25, -0.2) is 0 Å². The van der Waals surface area contributed by atoms with E-state index in [2.05, 4.69) is 6.92 Å². The second kappa shape index (κ2) is 24.8. The highest BCUT2D eigenvalue weighted by Gasteiger charge is 2.03. The summed E-state index contributed by atoms with van der Waals surface area (Å²) in [5, 5.41) is 24.2. The Morgan fingerprint density at radius 1 is 0.857 bits per heavy atom. The predicted octanol–water partition coefficient (Wildman–Crippen LogP) is 1.21. The zero-order chi connectivity index (χ0) is 16.9. The lowest BCUT2D eigenvalue weighted by Crippen LogP contribution is -2.21. The van der Waals surface area contributed by atoms with Gasteiger partial charge in [0, 0.05) is 19.8 Å². The molecule has 0 bridgehead atoms. The minimum absolute atomic E-state index is 0.0751. The molecular formula is C15H36O6. The van der Waals surface area contributed by atoms with Crippen molar-refractivity contribution in [3.8, 4) is 0 Å². The number of hydrogen-bond acceptors (Lipinski definition) is 6. The molecule has 132 valence electrons. The van der Waals surface area contributed by atoms with Gasteiger partial charge in [0.2, 0.25) is 0 Å². The van der Waals surface area contributed by atoms with Crippen LogP contribution in [0.3, 0.4) is 0 Å². The van der Waals surface area contributed by atoms with Gasteiger partial charge < -0.3 is 29.5 Å². The first-order valence-electron chi connectivity index (χ1n) is 7.66. The predicted molar refractivity (Wildman–Crippen MR) is 84.5 cm³/mol. The van der Waals surface area contributed by atoms with Crippen molar-refractivity contribution in [3.63, 3.8) is 0 Å². The van der Waals surface area contributed by atoms with Crippen LogP contribution >= 0.6 is 0 Å². The molecule has 0 aromatic heterocycles. The number of ether oxygens (including phenoxy) is 3. The van der Waals surface area contributed by atoms with Gasteiger partial charge in [-0.3, -0.25) is 0 Å². The van der Waals surface area contributed by atoms with Crippen LogP contribution in [0.5, 0.6) is 0 Å². The fourth-order valence-electron chi connectivity index (χ4n) is 0.949. The topological polar surface area (TPSA) is 88.4 Å². The second-order valence-corrected chi connectivity index (χ2v) is 4.30. The summed E-state index contributed by atoms with van der Waals surface area (Å²) in [4.78, 5) is 0. The Morgan fingerprint density at radius 2 is 1.38 bits per heavy atom. The van der Waals surface area contributed by atoms with Gasteiger partial charge in [0.05, 0.1) is 38.6 Å². The highest BCUT2D eigenvalue weighted by molar-refractivity contribution is 4.49. The van der Waals surface area contributed by atoms with Crippen LogP contribution in [0.15, 0.2) is 0 Å². The van der Waals surface area contributed by atoms with E-state index in [1.54, 1.807) is 6.92 Å². The van der Waals surface area contributed by atoms with Crippen LogP contribution in [0.4, 0.5) is 0 Å². The number of aliphatic hydroxyl groups excluding tert-OH is 3. The van der Waals surface area contributed by atoms with Crippen LogP contribution in [-0.2, 0) is 14.2 Å². The maximum absolute atomic E-state index is 8.91. The molecule has 0 radical (unpaired) electrons. The molecular weight excluding hydrogens is 276 g/mol. The molecule has 2 unspecified atom stereocenters. The van der Waals surface area contributed by atoms with Crippen LogP contribution in [0.25, 0.3) is 0 Å². The maximum Gasteiger partial charge on any atom is 0.0781 e. The minimum Gasteiger partial charge on any atom is -0.394 e. The first-order valence-corrected chi connectivity index (χ1v) is 7.66. The largest absolute Gasteiger partial charge is 0.394 e. The Kier molecular flexibility index (Phi) is 30.3. The average Bonchev–Trinajstić information content (AvgIpc) is 2.47. The quantitative estimate of drug-likeness (QED) is 0.526. The summed E-state index contributed by atoms with van der Waals surface area (Å²) in [5.41, 5.74) is 0. The summed E-state index contributed by atoms with van der Waals surface area (Å²) >= 11 is 0. The molecule has 0 amide bonds. The molecule has 0 spiro atoms. The average molecular weight is 312 g/mol. The van der Waals surface area contributed by atoms with Crippen molar-refractivity contribution in [2.75, 3.05) is 46.2 Å². The monoisotopic (exact) mass is 312 g/mol. The third-order valence-corrected chi connectivity index (χ3v) is 1.83. The van der Waals surface area contributed by atoms with Gasteiger partial charge in [0.15, 0.2) is 0 Å². The Hall–Kier alpha value is -0.240. The summed E-state index contributed by atoms with van der Waals surface area (Å²) in [6, 6.07) is 0. The van der Waals surface area contributed by atoms with Crippen molar-refractivity contribution in [1.29, 1.82) is 0 Å². The lowest BCUT2D eigenvalue weighted by molar-refractivity contribution is -0.0363. The van der Waals surface area contributed by atoms with E-state index in [0.29, 0.717) is 13.2 Å². The first-order chi connectivity index (χ1) is 9.99. The van der Waals surface area contributed by atoms with E-state index >= 15 is 0 Å².